The number of fused-ring (bicyclic) bond motifs is 1. The van der Waals surface area contributed by atoms with Crippen LogP contribution in [0, 0.1) is 11.8 Å². The second kappa shape index (κ2) is 5.42. The monoisotopic (exact) mass is 404 g/mol. The summed E-state index contributed by atoms with van der Waals surface area (Å²) in [7, 11) is 0. The zero-order valence-electron chi connectivity index (χ0n) is 9.69. The number of hydrogen-bond donors (Lipinski definition) is 1. The highest BCUT2D eigenvalue weighted by Gasteiger charge is 2.65. The Balaban J connectivity index is 2.62. The Morgan fingerprint density at radius 3 is 2.26 bits per heavy atom. The number of halogens is 7. The highest BCUT2D eigenvalue weighted by Crippen LogP contribution is 2.62. The van der Waals surface area contributed by atoms with Crippen molar-refractivity contribution in [1.82, 2.24) is 0 Å². The Hall–Kier alpha value is 1.73. The average Bonchev–Trinajstić information content (AvgIpc) is 2.59. The largest absolute Gasteiger partial charge is 0.391 e. The molecule has 1 N–H and O–H groups in total. The van der Waals surface area contributed by atoms with Crippen LogP contribution in [0.5, 0.6) is 0 Å². The maximum atomic E-state index is 10.3. The summed E-state index contributed by atoms with van der Waals surface area (Å²) in [6.45, 7) is 1.51. The minimum Gasteiger partial charge on any atom is -0.391 e. The molecule has 2 rings (SSSR count). The van der Waals surface area contributed by atoms with E-state index >= 15 is 0 Å². The van der Waals surface area contributed by atoms with Crippen molar-refractivity contribution in [2.24, 2.45) is 11.8 Å². The normalized spacial score (nSPS) is 47.5. The fourth-order valence-corrected chi connectivity index (χ4v) is 5.48. The summed E-state index contributed by atoms with van der Waals surface area (Å²) in [5.74, 6) is -0.794. The van der Waals surface area contributed by atoms with Crippen molar-refractivity contribution >= 4 is 81.2 Å². The van der Waals surface area contributed by atoms with Gasteiger partial charge in [0.15, 0.2) is 0 Å². The molecule has 0 radical (unpaired) electrons. The molecular weight excluding hydrogens is 396 g/mol. The van der Waals surface area contributed by atoms with E-state index in [9.17, 15) is 5.11 Å². The van der Waals surface area contributed by atoms with Crippen LogP contribution in [-0.2, 0) is 0 Å². The van der Waals surface area contributed by atoms with Gasteiger partial charge < -0.3 is 5.11 Å². The Labute approximate surface area is 147 Å². The van der Waals surface area contributed by atoms with E-state index in [-0.39, 0.29) is 16.0 Å². The predicted molar refractivity (Wildman–Crippen MR) is 84.3 cm³/mol. The van der Waals surface area contributed by atoms with Crippen LogP contribution < -0.4 is 0 Å². The molecule has 0 saturated heterocycles. The summed E-state index contributed by atoms with van der Waals surface area (Å²) in [6.07, 6.45) is -0.430. The van der Waals surface area contributed by atoms with Gasteiger partial charge in [0.25, 0.3) is 0 Å². The second-order valence-corrected chi connectivity index (χ2v) is 9.21. The smallest absolute Gasteiger partial charge is 0.139 e. The van der Waals surface area contributed by atoms with E-state index in [0.29, 0.717) is 6.42 Å². The Morgan fingerprint density at radius 2 is 1.79 bits per heavy atom. The maximum absolute atomic E-state index is 10.3. The second-order valence-electron chi connectivity index (χ2n) is 5.10. The highest BCUT2D eigenvalue weighted by atomic mass is 35.5. The van der Waals surface area contributed by atoms with Gasteiger partial charge in [-0.3, -0.25) is 0 Å². The fraction of sp³-hybridized carbons (Fsp3) is 0.818. The third-order valence-electron chi connectivity index (χ3n) is 3.94. The highest BCUT2D eigenvalue weighted by molar-refractivity contribution is 6.57. The van der Waals surface area contributed by atoms with Gasteiger partial charge in [-0.1, -0.05) is 46.4 Å². The summed E-state index contributed by atoms with van der Waals surface area (Å²) in [6, 6.07) is 0. The first-order valence-corrected chi connectivity index (χ1v) is 8.38. The molecule has 1 nitrogen and oxygen atoms in total. The van der Waals surface area contributed by atoms with E-state index in [1.807, 2.05) is 0 Å². The van der Waals surface area contributed by atoms with Crippen molar-refractivity contribution in [3.05, 3.63) is 10.1 Å². The molecule has 0 amide bonds. The third kappa shape index (κ3) is 2.41. The zero-order chi connectivity index (χ0) is 14.7. The quantitative estimate of drug-likeness (QED) is 0.602. The first kappa shape index (κ1) is 17.1. The molecule has 6 atom stereocenters. The summed E-state index contributed by atoms with van der Waals surface area (Å²) in [5, 5.41) is 9.54. The van der Waals surface area contributed by atoms with Gasteiger partial charge in [0.05, 0.1) is 26.9 Å². The van der Waals surface area contributed by atoms with Gasteiger partial charge in [-0.2, -0.15) is 0 Å². The lowest BCUT2D eigenvalue weighted by Crippen LogP contribution is -2.55. The topological polar surface area (TPSA) is 20.2 Å². The molecule has 0 aromatic rings. The molecule has 0 aliphatic heterocycles. The molecule has 2 aliphatic carbocycles. The Kier molecular flexibility index (Phi) is 4.88. The van der Waals surface area contributed by atoms with Crippen LogP contribution >= 0.6 is 81.2 Å². The third-order valence-corrected chi connectivity index (χ3v) is 7.76. The maximum Gasteiger partial charge on any atom is 0.139 e. The van der Waals surface area contributed by atoms with Crippen LogP contribution in [-0.4, -0.2) is 31.2 Å². The van der Waals surface area contributed by atoms with Crippen molar-refractivity contribution in [1.29, 1.82) is 0 Å². The summed E-state index contributed by atoms with van der Waals surface area (Å²) in [5.41, 5.74) is 0. The average molecular weight is 407 g/mol. The minimum atomic E-state index is -1.44. The first-order valence-electron chi connectivity index (χ1n) is 5.62. The van der Waals surface area contributed by atoms with E-state index in [4.69, 9.17) is 81.2 Å². The molecule has 8 heteroatoms. The molecule has 19 heavy (non-hydrogen) atoms. The van der Waals surface area contributed by atoms with Gasteiger partial charge in [-0.25, -0.2) is 0 Å². The van der Waals surface area contributed by atoms with E-state index in [2.05, 4.69) is 0 Å². The van der Waals surface area contributed by atoms with Crippen LogP contribution in [0.15, 0.2) is 10.1 Å². The lowest BCUT2D eigenvalue weighted by molar-refractivity contribution is 0.0939. The van der Waals surface area contributed by atoms with Gasteiger partial charge in [0.1, 0.15) is 9.21 Å². The lowest BCUT2D eigenvalue weighted by Gasteiger charge is -2.48. The van der Waals surface area contributed by atoms with Gasteiger partial charge in [-0.15, -0.1) is 34.8 Å². The number of rotatable bonds is 1. The molecule has 110 valence electrons. The molecule has 0 aromatic heterocycles. The van der Waals surface area contributed by atoms with Crippen LogP contribution in [0.1, 0.15) is 13.3 Å². The Morgan fingerprint density at radius 1 is 1.26 bits per heavy atom. The van der Waals surface area contributed by atoms with Crippen molar-refractivity contribution in [3.63, 3.8) is 0 Å². The summed E-state index contributed by atoms with van der Waals surface area (Å²) in [4.78, 5) is -1.42. The summed E-state index contributed by atoms with van der Waals surface area (Å²) < 4.78 is -1.44. The molecule has 1 saturated carbocycles. The Bertz CT molecular complexity index is 418. The van der Waals surface area contributed by atoms with Crippen LogP contribution in [0.25, 0.3) is 0 Å². The van der Waals surface area contributed by atoms with Gasteiger partial charge in [0.2, 0.25) is 0 Å². The van der Waals surface area contributed by atoms with Crippen molar-refractivity contribution in [2.45, 2.75) is 39.4 Å². The standard InChI is InChI=1S/C11H11Cl7O/c1-10(16,17)11(18)5-3(2-4(12)8(5)19)6(13)7(14)9(11)15/h3-6,8,19H,2H2,1H3/t3?,4?,5?,6?,8-,11+/m0/s1. The molecule has 0 spiro atoms. The van der Waals surface area contributed by atoms with Gasteiger partial charge in [-0.05, 0) is 19.3 Å². The molecule has 0 bridgehead atoms. The van der Waals surface area contributed by atoms with E-state index in [1.165, 1.54) is 6.92 Å². The van der Waals surface area contributed by atoms with Crippen LogP contribution in [0.3, 0.4) is 0 Å². The number of allylic oxidation sites excluding steroid dienone is 2. The van der Waals surface area contributed by atoms with Crippen LogP contribution in [0.2, 0.25) is 0 Å². The number of aliphatic hydroxyl groups excluding tert-OH is 1. The van der Waals surface area contributed by atoms with Crippen LogP contribution in [0.4, 0.5) is 0 Å². The molecular formula is C11H11Cl7O. The molecule has 0 heterocycles. The zero-order valence-corrected chi connectivity index (χ0v) is 15.0. The van der Waals surface area contributed by atoms with Gasteiger partial charge in [0, 0.05) is 5.92 Å². The van der Waals surface area contributed by atoms with E-state index < -0.39 is 32.0 Å². The summed E-state index contributed by atoms with van der Waals surface area (Å²) >= 11 is 43.8. The first-order chi connectivity index (χ1) is 8.53. The molecule has 0 aromatic carbocycles. The minimum absolute atomic E-state index is 0.0781. The van der Waals surface area contributed by atoms with E-state index in [0.717, 1.165) is 0 Å². The van der Waals surface area contributed by atoms with Gasteiger partial charge >= 0.3 is 0 Å². The number of hydrogen-bond acceptors (Lipinski definition) is 1. The lowest BCUT2D eigenvalue weighted by atomic mass is 9.74. The van der Waals surface area contributed by atoms with Crippen molar-refractivity contribution in [3.8, 4) is 0 Å². The molecule has 4 unspecified atom stereocenters. The molecule has 2 aliphatic rings. The number of alkyl halides is 5. The predicted octanol–water partition coefficient (Wildman–Crippen LogP) is 5.07. The van der Waals surface area contributed by atoms with E-state index in [1.54, 1.807) is 0 Å². The number of aliphatic hydroxyl groups is 1. The van der Waals surface area contributed by atoms with Crippen molar-refractivity contribution < 1.29 is 5.11 Å². The van der Waals surface area contributed by atoms with Crippen molar-refractivity contribution in [2.75, 3.05) is 0 Å². The SMILES string of the molecule is CC(Cl)(Cl)[C@]1(Cl)C(Cl)=C(Cl)C(Cl)C2CC(Cl)[C@H](O)C21. The molecule has 1 fully saturated rings. The fourth-order valence-electron chi connectivity index (χ4n) is 2.97.